The molecule has 0 aromatic heterocycles. The second kappa shape index (κ2) is 7.08. The zero-order valence-electron chi connectivity index (χ0n) is 13.0. The van der Waals surface area contributed by atoms with Gasteiger partial charge in [-0.05, 0) is 55.8 Å². The molecule has 1 heterocycles. The normalized spacial score (nSPS) is 19.0. The quantitative estimate of drug-likeness (QED) is 0.881. The number of benzene rings is 2. The molecule has 0 aliphatic carbocycles. The van der Waals surface area contributed by atoms with Gasteiger partial charge in [-0.1, -0.05) is 60.7 Å². The molecule has 3 rings (SSSR count). The Hall–Kier alpha value is -1.64. The van der Waals surface area contributed by atoms with Crippen molar-refractivity contribution in [2.24, 2.45) is 5.92 Å². The van der Waals surface area contributed by atoms with Crippen LogP contribution in [0.15, 0.2) is 60.7 Å². The van der Waals surface area contributed by atoms with Crippen molar-refractivity contribution in [2.75, 3.05) is 13.1 Å². The Kier molecular flexibility index (Phi) is 4.91. The minimum atomic E-state index is -0.889. The van der Waals surface area contributed by atoms with Gasteiger partial charge in [0.25, 0.3) is 0 Å². The van der Waals surface area contributed by atoms with E-state index in [1.54, 1.807) is 0 Å². The van der Waals surface area contributed by atoms with Crippen LogP contribution in [0.5, 0.6) is 0 Å². The molecule has 2 nitrogen and oxygen atoms in total. The van der Waals surface area contributed by atoms with Crippen molar-refractivity contribution in [3.05, 3.63) is 71.8 Å². The molecular weight excluding hydrogens is 270 g/mol. The van der Waals surface area contributed by atoms with Crippen molar-refractivity contribution in [1.29, 1.82) is 0 Å². The minimum Gasteiger partial charge on any atom is -0.380 e. The molecule has 1 unspecified atom stereocenters. The Balaban J connectivity index is 1.83. The average Bonchev–Trinajstić information content (AvgIpc) is 2.62. The van der Waals surface area contributed by atoms with Gasteiger partial charge in [-0.25, -0.2) is 0 Å². The van der Waals surface area contributed by atoms with E-state index in [0.717, 1.165) is 37.1 Å². The van der Waals surface area contributed by atoms with Crippen LogP contribution < -0.4 is 5.32 Å². The summed E-state index contributed by atoms with van der Waals surface area (Å²) in [5.41, 5.74) is 1.09. The molecule has 2 aromatic carbocycles. The Labute approximate surface area is 133 Å². The highest BCUT2D eigenvalue weighted by atomic mass is 16.3. The number of aliphatic hydroxyl groups is 1. The number of nitrogens with one attached hydrogen (secondary N) is 1. The Bertz CT molecular complexity index is 521. The predicted octanol–water partition coefficient (Wildman–Crippen LogP) is 3.70. The minimum absolute atomic E-state index is 0.674. The van der Waals surface area contributed by atoms with Crippen LogP contribution in [-0.2, 0) is 5.60 Å². The van der Waals surface area contributed by atoms with Gasteiger partial charge in [-0.3, -0.25) is 0 Å². The highest BCUT2D eigenvalue weighted by Crippen LogP contribution is 2.35. The van der Waals surface area contributed by atoms with Crippen LogP contribution in [0.2, 0.25) is 0 Å². The molecule has 0 saturated carbocycles. The first-order valence-corrected chi connectivity index (χ1v) is 8.33. The van der Waals surface area contributed by atoms with Gasteiger partial charge in [0.1, 0.15) is 5.60 Å². The van der Waals surface area contributed by atoms with Gasteiger partial charge in [-0.15, -0.1) is 0 Å². The monoisotopic (exact) mass is 295 g/mol. The van der Waals surface area contributed by atoms with Crippen LogP contribution >= 0.6 is 0 Å². The van der Waals surface area contributed by atoms with Gasteiger partial charge in [0.05, 0.1) is 0 Å². The van der Waals surface area contributed by atoms with Crippen molar-refractivity contribution < 1.29 is 5.11 Å². The van der Waals surface area contributed by atoms with E-state index in [1.165, 1.54) is 12.8 Å². The summed E-state index contributed by atoms with van der Waals surface area (Å²) in [6.45, 7) is 2.22. The second-order valence-electron chi connectivity index (χ2n) is 6.34. The van der Waals surface area contributed by atoms with Gasteiger partial charge >= 0.3 is 0 Å². The molecule has 1 saturated heterocycles. The number of hydrogen-bond acceptors (Lipinski definition) is 2. The van der Waals surface area contributed by atoms with Gasteiger partial charge in [-0.2, -0.15) is 0 Å². The molecular formula is C20H25NO. The summed E-state index contributed by atoms with van der Waals surface area (Å²) >= 11 is 0. The summed E-state index contributed by atoms with van der Waals surface area (Å²) in [6.07, 6.45) is 4.34. The fourth-order valence-electron chi connectivity index (χ4n) is 3.47. The zero-order valence-corrected chi connectivity index (χ0v) is 13.0. The summed E-state index contributed by atoms with van der Waals surface area (Å²) in [5.74, 6) is 0.674. The highest BCUT2D eigenvalue weighted by molar-refractivity contribution is 5.35. The molecule has 0 radical (unpaired) electrons. The van der Waals surface area contributed by atoms with Crippen LogP contribution in [0.25, 0.3) is 0 Å². The average molecular weight is 295 g/mol. The van der Waals surface area contributed by atoms with E-state index in [4.69, 9.17) is 0 Å². The Morgan fingerprint density at radius 2 is 1.55 bits per heavy atom. The third-order valence-corrected chi connectivity index (χ3v) is 4.82. The highest BCUT2D eigenvalue weighted by Gasteiger charge is 2.32. The van der Waals surface area contributed by atoms with Gasteiger partial charge in [0, 0.05) is 0 Å². The smallest absolute Gasteiger partial charge is 0.115 e. The summed E-state index contributed by atoms with van der Waals surface area (Å²) in [6, 6.07) is 20.2. The van der Waals surface area contributed by atoms with Crippen LogP contribution in [0.1, 0.15) is 36.8 Å². The van der Waals surface area contributed by atoms with Crippen LogP contribution in [0, 0.1) is 5.92 Å². The third-order valence-electron chi connectivity index (χ3n) is 4.82. The maximum Gasteiger partial charge on any atom is 0.115 e. The molecule has 1 atom stereocenters. The first-order valence-electron chi connectivity index (χ1n) is 8.33. The summed E-state index contributed by atoms with van der Waals surface area (Å²) < 4.78 is 0. The molecule has 0 amide bonds. The van der Waals surface area contributed by atoms with Crippen LogP contribution in [0.4, 0.5) is 0 Å². The van der Waals surface area contributed by atoms with E-state index < -0.39 is 5.60 Å². The zero-order chi connectivity index (χ0) is 15.3. The maximum absolute atomic E-state index is 11.5. The summed E-state index contributed by atoms with van der Waals surface area (Å²) in [5, 5.41) is 14.9. The Morgan fingerprint density at radius 3 is 2.05 bits per heavy atom. The summed E-state index contributed by atoms with van der Waals surface area (Å²) in [7, 11) is 0. The van der Waals surface area contributed by atoms with Crippen molar-refractivity contribution in [2.45, 2.75) is 31.3 Å². The van der Waals surface area contributed by atoms with Crippen LogP contribution in [-0.4, -0.2) is 18.2 Å². The molecule has 2 N–H and O–H groups in total. The van der Waals surface area contributed by atoms with E-state index in [0.29, 0.717) is 5.92 Å². The van der Waals surface area contributed by atoms with Crippen molar-refractivity contribution in [1.82, 2.24) is 5.32 Å². The molecule has 1 fully saturated rings. The van der Waals surface area contributed by atoms with E-state index >= 15 is 0 Å². The molecule has 1 aliphatic rings. The van der Waals surface area contributed by atoms with Crippen molar-refractivity contribution >= 4 is 0 Å². The third kappa shape index (κ3) is 3.40. The van der Waals surface area contributed by atoms with Gasteiger partial charge in [0.15, 0.2) is 0 Å². The van der Waals surface area contributed by atoms with E-state index in [1.807, 2.05) is 60.7 Å². The van der Waals surface area contributed by atoms with Gasteiger partial charge in [0.2, 0.25) is 0 Å². The lowest BCUT2D eigenvalue weighted by atomic mass is 9.80. The number of piperidine rings is 1. The summed E-state index contributed by atoms with van der Waals surface area (Å²) in [4.78, 5) is 0. The number of hydrogen-bond donors (Lipinski definition) is 2. The second-order valence-corrected chi connectivity index (χ2v) is 6.34. The molecule has 2 aromatic rings. The Morgan fingerprint density at radius 1 is 0.955 bits per heavy atom. The van der Waals surface area contributed by atoms with Crippen molar-refractivity contribution in [3.8, 4) is 0 Å². The molecule has 22 heavy (non-hydrogen) atoms. The SMILES string of the molecule is OC(CCC1CCCNC1)(c1ccccc1)c1ccccc1. The van der Waals surface area contributed by atoms with Crippen molar-refractivity contribution in [3.63, 3.8) is 0 Å². The molecule has 0 bridgehead atoms. The first-order chi connectivity index (χ1) is 10.8. The van der Waals surface area contributed by atoms with E-state index in [-0.39, 0.29) is 0 Å². The molecule has 2 heteroatoms. The van der Waals surface area contributed by atoms with E-state index in [9.17, 15) is 5.11 Å². The fraction of sp³-hybridized carbons (Fsp3) is 0.400. The maximum atomic E-state index is 11.5. The lowest BCUT2D eigenvalue weighted by Crippen LogP contribution is -2.33. The number of rotatable bonds is 5. The first kappa shape index (κ1) is 15.3. The predicted molar refractivity (Wildman–Crippen MR) is 90.7 cm³/mol. The molecule has 0 spiro atoms. The topological polar surface area (TPSA) is 32.3 Å². The van der Waals surface area contributed by atoms with E-state index in [2.05, 4.69) is 5.32 Å². The molecule has 1 aliphatic heterocycles. The lowest BCUT2D eigenvalue weighted by Gasteiger charge is -2.32. The standard InChI is InChI=1S/C20H25NO/c22-20(18-9-3-1-4-10-18,19-11-5-2-6-12-19)14-13-17-8-7-15-21-16-17/h1-6,9-12,17,21-22H,7-8,13-16H2. The molecule has 116 valence electrons. The largest absolute Gasteiger partial charge is 0.380 e. The fourth-order valence-corrected chi connectivity index (χ4v) is 3.47. The lowest BCUT2D eigenvalue weighted by molar-refractivity contribution is 0.0618. The van der Waals surface area contributed by atoms with Gasteiger partial charge < -0.3 is 10.4 Å². The van der Waals surface area contributed by atoms with Crippen LogP contribution in [0.3, 0.4) is 0 Å².